The molecule has 0 radical (unpaired) electrons. The molecule has 3 rings (SSSR count). The van der Waals surface area contributed by atoms with Crippen molar-refractivity contribution in [3.63, 3.8) is 0 Å². The Balaban J connectivity index is 1.88. The van der Waals surface area contributed by atoms with Crippen LogP contribution in [0.3, 0.4) is 0 Å². The first-order chi connectivity index (χ1) is 14.9. The van der Waals surface area contributed by atoms with Crippen LogP contribution in [0, 0.1) is 17.6 Å². The number of carbonyl (C=O) groups is 1. The van der Waals surface area contributed by atoms with Crippen LogP contribution in [0.25, 0.3) is 0 Å². The van der Waals surface area contributed by atoms with Crippen LogP contribution in [-0.2, 0) is 14.6 Å². The molecule has 2 atom stereocenters. The second-order valence-corrected chi connectivity index (χ2v) is 9.83. The molecule has 174 valence electrons. The summed E-state index contributed by atoms with van der Waals surface area (Å²) in [7, 11) is -3.84. The number of hydrogen-bond donors (Lipinski definition) is 2. The van der Waals surface area contributed by atoms with Gasteiger partial charge in [-0.1, -0.05) is 12.1 Å². The van der Waals surface area contributed by atoms with Crippen LogP contribution in [-0.4, -0.2) is 43.1 Å². The number of benzene rings is 2. The standard InChI is InChI=1S/C21H21F4NO5S/c22-15-5-3-14(4-6-15)19(21(24,25)31-17-9-7-16(23)8-10-17)26-18(20(27)28)12-32(29,30)11-13-1-2-13/h3-10,13,18-19,26H,1-2,11-12H2,(H,27,28)/t18?,19-/m1/s1. The molecule has 11 heteroatoms. The SMILES string of the molecule is O=C(O)C(CS(=O)(=O)CC1CC1)N[C@H](c1ccc(F)cc1)C(F)(F)Oc1ccc(F)cc1. The number of hydrogen-bond acceptors (Lipinski definition) is 5. The molecule has 1 fully saturated rings. The number of nitrogens with one attached hydrogen (secondary N) is 1. The second-order valence-electron chi connectivity index (χ2n) is 7.68. The monoisotopic (exact) mass is 475 g/mol. The molecule has 1 unspecified atom stereocenters. The zero-order valence-electron chi connectivity index (χ0n) is 16.7. The lowest BCUT2D eigenvalue weighted by molar-refractivity contribution is -0.202. The third-order valence-corrected chi connectivity index (χ3v) is 6.70. The van der Waals surface area contributed by atoms with E-state index in [2.05, 4.69) is 5.32 Å². The Labute approximate surface area is 182 Å². The molecule has 0 aromatic heterocycles. The van der Waals surface area contributed by atoms with E-state index >= 15 is 8.78 Å². The van der Waals surface area contributed by atoms with Gasteiger partial charge in [0.2, 0.25) is 0 Å². The van der Waals surface area contributed by atoms with E-state index in [0.717, 1.165) is 48.5 Å². The number of ether oxygens (including phenoxy) is 1. The molecule has 32 heavy (non-hydrogen) atoms. The maximum absolute atomic E-state index is 15.1. The summed E-state index contributed by atoms with van der Waals surface area (Å²) in [5, 5.41) is 11.7. The summed E-state index contributed by atoms with van der Waals surface area (Å²) in [6, 6.07) is 3.50. The molecule has 2 N–H and O–H groups in total. The van der Waals surface area contributed by atoms with E-state index in [1.165, 1.54) is 0 Å². The first-order valence-corrected chi connectivity index (χ1v) is 11.5. The molecular weight excluding hydrogens is 454 g/mol. The molecule has 0 saturated heterocycles. The summed E-state index contributed by atoms with van der Waals surface area (Å²) >= 11 is 0. The zero-order chi connectivity index (χ0) is 23.5. The maximum atomic E-state index is 15.1. The Kier molecular flexibility index (Phi) is 7.09. The van der Waals surface area contributed by atoms with E-state index in [0.29, 0.717) is 12.8 Å². The lowest BCUT2D eigenvalue weighted by Gasteiger charge is -2.30. The van der Waals surface area contributed by atoms with Crippen molar-refractivity contribution in [1.82, 2.24) is 5.32 Å². The van der Waals surface area contributed by atoms with E-state index in [1.54, 1.807) is 0 Å². The van der Waals surface area contributed by atoms with Gasteiger partial charge in [0.1, 0.15) is 29.5 Å². The molecule has 2 aromatic carbocycles. The largest absolute Gasteiger partial charge is 0.480 e. The van der Waals surface area contributed by atoms with Gasteiger partial charge in [-0.05, 0) is 60.7 Å². The Bertz CT molecular complexity index is 1040. The lowest BCUT2D eigenvalue weighted by Crippen LogP contribution is -2.51. The number of rotatable bonds is 11. The van der Waals surface area contributed by atoms with Crippen molar-refractivity contribution in [3.8, 4) is 5.75 Å². The van der Waals surface area contributed by atoms with Crippen molar-refractivity contribution in [2.45, 2.75) is 31.0 Å². The smallest absolute Gasteiger partial charge is 0.417 e. The van der Waals surface area contributed by atoms with Crippen LogP contribution in [0.15, 0.2) is 48.5 Å². The minimum Gasteiger partial charge on any atom is -0.480 e. The van der Waals surface area contributed by atoms with Gasteiger partial charge in [0.05, 0.1) is 11.5 Å². The highest BCUT2D eigenvalue weighted by atomic mass is 32.2. The summed E-state index contributed by atoms with van der Waals surface area (Å²) in [5.74, 6) is -4.61. The van der Waals surface area contributed by atoms with Gasteiger partial charge >= 0.3 is 12.1 Å². The number of aliphatic carboxylic acids is 1. The minimum absolute atomic E-state index is 0.0504. The van der Waals surface area contributed by atoms with E-state index < -0.39 is 57.1 Å². The second kappa shape index (κ2) is 9.45. The number of alkyl halides is 2. The number of halogens is 4. The third-order valence-electron chi connectivity index (χ3n) is 4.88. The van der Waals surface area contributed by atoms with Crippen molar-refractivity contribution in [3.05, 3.63) is 65.7 Å². The average molecular weight is 475 g/mol. The fourth-order valence-electron chi connectivity index (χ4n) is 3.12. The third kappa shape index (κ3) is 6.67. The Morgan fingerprint density at radius 2 is 1.59 bits per heavy atom. The molecule has 1 aliphatic carbocycles. The fourth-order valence-corrected chi connectivity index (χ4v) is 5.05. The van der Waals surface area contributed by atoms with Crippen molar-refractivity contribution >= 4 is 15.8 Å². The quantitative estimate of drug-likeness (QED) is 0.483. The first-order valence-electron chi connectivity index (χ1n) is 9.72. The van der Waals surface area contributed by atoms with Crippen molar-refractivity contribution < 1.29 is 40.6 Å². The lowest BCUT2D eigenvalue weighted by atomic mass is 10.0. The Morgan fingerprint density at radius 3 is 2.09 bits per heavy atom. The molecule has 0 spiro atoms. The summed E-state index contributed by atoms with van der Waals surface area (Å²) in [5.41, 5.74) is -0.232. The van der Waals surface area contributed by atoms with Crippen molar-refractivity contribution in [2.24, 2.45) is 5.92 Å². The van der Waals surface area contributed by atoms with Crippen LogP contribution in [0.2, 0.25) is 0 Å². The first kappa shape index (κ1) is 24.0. The van der Waals surface area contributed by atoms with Gasteiger partial charge in [-0.3, -0.25) is 10.1 Å². The van der Waals surface area contributed by atoms with E-state index in [1.807, 2.05) is 0 Å². The van der Waals surface area contributed by atoms with Crippen LogP contribution < -0.4 is 10.1 Å². The van der Waals surface area contributed by atoms with Gasteiger partial charge in [-0.15, -0.1) is 0 Å². The summed E-state index contributed by atoms with van der Waals surface area (Å²) < 4.78 is 86.0. The highest BCUT2D eigenvalue weighted by Gasteiger charge is 2.46. The number of carboxylic acids is 1. The van der Waals surface area contributed by atoms with Crippen molar-refractivity contribution in [1.29, 1.82) is 0 Å². The molecular formula is C21H21F4NO5S. The van der Waals surface area contributed by atoms with Gasteiger partial charge in [-0.25, -0.2) is 17.2 Å². The topological polar surface area (TPSA) is 92.7 Å². The molecule has 0 heterocycles. The molecule has 6 nitrogen and oxygen atoms in total. The normalized spacial score (nSPS) is 16.4. The average Bonchev–Trinajstić information content (AvgIpc) is 3.50. The molecule has 0 bridgehead atoms. The van der Waals surface area contributed by atoms with E-state index in [4.69, 9.17) is 4.74 Å². The molecule has 0 amide bonds. The molecule has 1 aliphatic rings. The maximum Gasteiger partial charge on any atom is 0.417 e. The highest BCUT2D eigenvalue weighted by Crippen LogP contribution is 2.35. The number of carboxylic acid groups (broad SMARTS) is 1. The van der Waals surface area contributed by atoms with Crippen LogP contribution in [0.4, 0.5) is 17.6 Å². The summed E-state index contributed by atoms with van der Waals surface area (Å²) in [6.45, 7) is 0. The fraction of sp³-hybridized carbons (Fsp3) is 0.381. The van der Waals surface area contributed by atoms with Gasteiger partial charge < -0.3 is 9.84 Å². The van der Waals surface area contributed by atoms with E-state index in [-0.39, 0.29) is 17.2 Å². The predicted octanol–water partition coefficient (Wildman–Crippen LogP) is 3.55. The van der Waals surface area contributed by atoms with E-state index in [9.17, 15) is 27.1 Å². The molecule has 0 aliphatic heterocycles. The van der Waals surface area contributed by atoms with Gasteiger partial charge in [-0.2, -0.15) is 8.78 Å². The van der Waals surface area contributed by atoms with Crippen LogP contribution in [0.1, 0.15) is 24.4 Å². The van der Waals surface area contributed by atoms with Crippen molar-refractivity contribution in [2.75, 3.05) is 11.5 Å². The van der Waals surface area contributed by atoms with Crippen LogP contribution in [0.5, 0.6) is 5.75 Å². The van der Waals surface area contributed by atoms with Gasteiger partial charge in [0.15, 0.2) is 9.84 Å². The van der Waals surface area contributed by atoms with Gasteiger partial charge in [0, 0.05) is 0 Å². The number of sulfone groups is 1. The Morgan fingerprint density at radius 1 is 1.06 bits per heavy atom. The summed E-state index contributed by atoms with van der Waals surface area (Å²) in [6.07, 6.45) is -2.68. The summed E-state index contributed by atoms with van der Waals surface area (Å²) in [4.78, 5) is 11.7. The molecule has 2 aromatic rings. The highest BCUT2D eigenvalue weighted by molar-refractivity contribution is 7.91. The minimum atomic E-state index is -4.11. The zero-order valence-corrected chi connectivity index (χ0v) is 17.5. The van der Waals surface area contributed by atoms with Crippen LogP contribution >= 0.6 is 0 Å². The molecule has 1 saturated carbocycles. The Hall–Kier alpha value is -2.66. The predicted molar refractivity (Wildman–Crippen MR) is 107 cm³/mol. The van der Waals surface area contributed by atoms with Gasteiger partial charge in [0.25, 0.3) is 0 Å².